The smallest absolute Gasteiger partial charge is 0.339 e. The minimum Gasteiger partial charge on any atom is -0.503 e. The van der Waals surface area contributed by atoms with Crippen molar-refractivity contribution in [2.24, 2.45) is 0 Å². The fraction of sp³-hybridized carbons (Fsp3) is 0.182. The van der Waals surface area contributed by atoms with Gasteiger partial charge in [-0.15, -0.1) is 0 Å². The number of rotatable bonds is 3. The highest BCUT2D eigenvalue weighted by Crippen LogP contribution is 2.18. The number of carbonyl (C=O) groups is 1. The molecule has 0 spiro atoms. The first-order valence-electron chi connectivity index (χ1n) is 4.19. The zero-order valence-corrected chi connectivity index (χ0v) is 8.15. The van der Waals surface area contributed by atoms with Gasteiger partial charge in [-0.05, 0) is 18.1 Å². The topological polar surface area (TPSA) is 46.5 Å². The molecule has 74 valence electrons. The van der Waals surface area contributed by atoms with Gasteiger partial charge in [0.1, 0.15) is 5.57 Å². The van der Waals surface area contributed by atoms with Crippen LogP contribution in [-0.2, 0) is 9.53 Å². The Kier molecular flexibility index (Phi) is 3.29. The van der Waals surface area contributed by atoms with Crippen LogP contribution in [0.3, 0.4) is 0 Å². The predicted molar refractivity (Wildman–Crippen MR) is 53.8 cm³/mol. The number of ether oxygens (including phenoxy) is 1. The molecule has 0 saturated heterocycles. The highest BCUT2D eigenvalue weighted by atomic mass is 16.5. The summed E-state index contributed by atoms with van der Waals surface area (Å²) < 4.78 is 4.73. The Labute approximate surface area is 82.6 Å². The standard InChI is InChI=1S/C11H12O3/c1-8-5-3-4-6-9(8)10(7-14-2)11(12)13/h3-7H,1-2H3,(H,12,13)/b10-7+. The largest absolute Gasteiger partial charge is 0.503 e. The number of aryl methyl sites for hydroxylation is 1. The van der Waals surface area contributed by atoms with Crippen LogP contribution < -0.4 is 0 Å². The first-order valence-corrected chi connectivity index (χ1v) is 4.19. The molecule has 0 heterocycles. The van der Waals surface area contributed by atoms with E-state index in [2.05, 4.69) is 0 Å². The Morgan fingerprint density at radius 2 is 2.07 bits per heavy atom. The minimum absolute atomic E-state index is 0.172. The van der Waals surface area contributed by atoms with Gasteiger partial charge in [0.2, 0.25) is 0 Å². The molecule has 1 aromatic carbocycles. The molecule has 0 aliphatic carbocycles. The van der Waals surface area contributed by atoms with Gasteiger partial charge in [0, 0.05) is 0 Å². The Balaban J connectivity index is 3.19. The maximum absolute atomic E-state index is 10.9. The van der Waals surface area contributed by atoms with Crippen molar-refractivity contribution in [1.82, 2.24) is 0 Å². The van der Waals surface area contributed by atoms with E-state index < -0.39 is 5.97 Å². The molecule has 0 bridgehead atoms. The number of hydrogen-bond donors (Lipinski definition) is 1. The second kappa shape index (κ2) is 4.46. The molecule has 0 aliphatic rings. The van der Waals surface area contributed by atoms with Crippen LogP contribution in [-0.4, -0.2) is 18.2 Å². The van der Waals surface area contributed by atoms with E-state index >= 15 is 0 Å². The summed E-state index contributed by atoms with van der Waals surface area (Å²) in [7, 11) is 1.43. The van der Waals surface area contributed by atoms with Crippen molar-refractivity contribution in [3.8, 4) is 0 Å². The summed E-state index contributed by atoms with van der Waals surface area (Å²) in [5.74, 6) is -0.985. The molecule has 3 nitrogen and oxygen atoms in total. The molecular formula is C11H12O3. The Bertz CT molecular complexity index is 367. The van der Waals surface area contributed by atoms with Gasteiger partial charge in [0.05, 0.1) is 13.4 Å². The van der Waals surface area contributed by atoms with E-state index in [4.69, 9.17) is 9.84 Å². The zero-order valence-electron chi connectivity index (χ0n) is 8.15. The Morgan fingerprint density at radius 3 is 2.57 bits per heavy atom. The van der Waals surface area contributed by atoms with Crippen molar-refractivity contribution < 1.29 is 14.6 Å². The van der Waals surface area contributed by atoms with Crippen molar-refractivity contribution in [3.63, 3.8) is 0 Å². The number of carboxylic acids is 1. The number of carboxylic acid groups (broad SMARTS) is 1. The van der Waals surface area contributed by atoms with Gasteiger partial charge >= 0.3 is 5.97 Å². The van der Waals surface area contributed by atoms with Crippen LogP contribution in [0.1, 0.15) is 11.1 Å². The molecule has 1 aromatic rings. The van der Waals surface area contributed by atoms with Crippen LogP contribution in [0, 0.1) is 6.92 Å². The Hall–Kier alpha value is -1.77. The number of hydrogen-bond acceptors (Lipinski definition) is 2. The summed E-state index contributed by atoms with van der Waals surface area (Å²) in [6.45, 7) is 1.86. The minimum atomic E-state index is -0.985. The van der Waals surface area contributed by atoms with E-state index in [9.17, 15) is 4.79 Å². The fourth-order valence-corrected chi connectivity index (χ4v) is 1.22. The average molecular weight is 192 g/mol. The van der Waals surface area contributed by atoms with E-state index in [1.54, 1.807) is 12.1 Å². The van der Waals surface area contributed by atoms with Crippen molar-refractivity contribution in [2.75, 3.05) is 7.11 Å². The highest BCUT2D eigenvalue weighted by molar-refractivity contribution is 6.15. The lowest BCUT2D eigenvalue weighted by atomic mass is 10.0. The highest BCUT2D eigenvalue weighted by Gasteiger charge is 2.12. The molecule has 0 aliphatic heterocycles. The van der Waals surface area contributed by atoms with E-state index in [1.165, 1.54) is 13.4 Å². The maximum atomic E-state index is 10.9. The molecule has 14 heavy (non-hydrogen) atoms. The van der Waals surface area contributed by atoms with E-state index in [1.807, 2.05) is 19.1 Å². The molecule has 0 atom stereocenters. The molecule has 3 heteroatoms. The van der Waals surface area contributed by atoms with Gasteiger partial charge < -0.3 is 9.84 Å². The SMILES string of the molecule is CO/C=C(/C(=O)O)c1ccccc1C. The predicted octanol–water partition coefficient (Wildman–Crippen LogP) is 2.07. The van der Waals surface area contributed by atoms with Crippen molar-refractivity contribution in [2.45, 2.75) is 6.92 Å². The average Bonchev–Trinajstić information content (AvgIpc) is 2.15. The van der Waals surface area contributed by atoms with E-state index in [0.717, 1.165) is 5.56 Å². The van der Waals surface area contributed by atoms with Crippen molar-refractivity contribution in [3.05, 3.63) is 41.7 Å². The summed E-state index contributed by atoms with van der Waals surface area (Å²) in [6.07, 6.45) is 1.24. The van der Waals surface area contributed by atoms with Gasteiger partial charge in [0.15, 0.2) is 0 Å². The van der Waals surface area contributed by atoms with Crippen LogP contribution in [0.2, 0.25) is 0 Å². The van der Waals surface area contributed by atoms with Gasteiger partial charge in [-0.25, -0.2) is 4.79 Å². The molecule has 0 fully saturated rings. The lowest BCUT2D eigenvalue weighted by Gasteiger charge is -2.05. The van der Waals surface area contributed by atoms with Crippen LogP contribution in [0.4, 0.5) is 0 Å². The van der Waals surface area contributed by atoms with Crippen molar-refractivity contribution >= 4 is 11.5 Å². The second-order valence-electron chi connectivity index (χ2n) is 2.89. The van der Waals surface area contributed by atoms with Crippen molar-refractivity contribution in [1.29, 1.82) is 0 Å². The van der Waals surface area contributed by atoms with Gasteiger partial charge in [-0.1, -0.05) is 24.3 Å². The molecular weight excluding hydrogens is 180 g/mol. The normalized spacial score (nSPS) is 11.1. The van der Waals surface area contributed by atoms with Crippen LogP contribution >= 0.6 is 0 Å². The summed E-state index contributed by atoms with van der Waals surface area (Å²) in [5.41, 5.74) is 1.77. The number of aliphatic carboxylic acids is 1. The quantitative estimate of drug-likeness (QED) is 0.589. The number of benzene rings is 1. The monoisotopic (exact) mass is 192 g/mol. The lowest BCUT2D eigenvalue weighted by molar-refractivity contribution is -0.130. The summed E-state index contributed by atoms with van der Waals surface area (Å²) in [6, 6.07) is 7.29. The maximum Gasteiger partial charge on any atom is 0.339 e. The molecule has 1 rings (SSSR count). The molecule has 0 saturated carbocycles. The molecule has 0 aromatic heterocycles. The first kappa shape index (κ1) is 10.3. The second-order valence-corrected chi connectivity index (χ2v) is 2.89. The van der Waals surface area contributed by atoms with Crippen LogP contribution in [0.25, 0.3) is 5.57 Å². The van der Waals surface area contributed by atoms with Gasteiger partial charge in [-0.2, -0.15) is 0 Å². The number of methoxy groups -OCH3 is 1. The van der Waals surface area contributed by atoms with E-state index in [0.29, 0.717) is 5.56 Å². The third-order valence-corrected chi connectivity index (χ3v) is 1.90. The summed E-state index contributed by atoms with van der Waals surface area (Å²) in [4.78, 5) is 10.9. The molecule has 0 unspecified atom stereocenters. The third kappa shape index (κ3) is 2.13. The Morgan fingerprint density at radius 1 is 1.43 bits per heavy atom. The van der Waals surface area contributed by atoms with Crippen LogP contribution in [0.5, 0.6) is 0 Å². The van der Waals surface area contributed by atoms with E-state index in [-0.39, 0.29) is 5.57 Å². The third-order valence-electron chi connectivity index (χ3n) is 1.90. The zero-order chi connectivity index (χ0) is 10.6. The summed E-state index contributed by atoms with van der Waals surface area (Å²) in [5, 5.41) is 8.93. The fourth-order valence-electron chi connectivity index (χ4n) is 1.22. The molecule has 1 N–H and O–H groups in total. The molecule has 0 radical (unpaired) electrons. The summed E-state index contributed by atoms with van der Waals surface area (Å²) >= 11 is 0. The lowest BCUT2D eigenvalue weighted by Crippen LogP contribution is -2.01. The first-order chi connectivity index (χ1) is 6.66. The molecule has 0 amide bonds. The van der Waals surface area contributed by atoms with Gasteiger partial charge in [0.25, 0.3) is 0 Å². The van der Waals surface area contributed by atoms with Gasteiger partial charge in [-0.3, -0.25) is 0 Å². The van der Waals surface area contributed by atoms with Crippen LogP contribution in [0.15, 0.2) is 30.5 Å².